The van der Waals surface area contributed by atoms with Crippen molar-refractivity contribution in [3.05, 3.63) is 71.3 Å². The van der Waals surface area contributed by atoms with Crippen LogP contribution in [0.3, 0.4) is 0 Å². The fourth-order valence-electron chi connectivity index (χ4n) is 3.85. The summed E-state index contributed by atoms with van der Waals surface area (Å²) in [6.45, 7) is 3.22. The first-order chi connectivity index (χ1) is 14.6. The fraction of sp³-hybridized carbons (Fsp3) is 0.261. The Hall–Kier alpha value is -3.48. The molecule has 3 aromatic rings. The summed E-state index contributed by atoms with van der Waals surface area (Å²) < 4.78 is 13.2. The number of hydrogen-bond acceptors (Lipinski definition) is 5. The van der Waals surface area contributed by atoms with E-state index in [0.29, 0.717) is 30.2 Å². The van der Waals surface area contributed by atoms with Crippen LogP contribution < -0.4 is 10.6 Å². The standard InChI is InChI=1S/C23H22FN5O/c24-18-4-2-15(3-5-18)20-7-6-19(25)21(27-20)11-23(30)29-13-16-10-22(28-8-1-9-28)26-12-17(16)14-29/h2-7,10,12H,1,8-9,11,13-14,25H2. The van der Waals surface area contributed by atoms with Gasteiger partial charge in [0.25, 0.3) is 0 Å². The molecule has 5 rings (SSSR count). The van der Waals surface area contributed by atoms with Crippen molar-refractivity contribution in [1.82, 2.24) is 14.9 Å². The average Bonchev–Trinajstić information content (AvgIpc) is 3.13. The van der Waals surface area contributed by atoms with Crippen LogP contribution in [0.25, 0.3) is 11.3 Å². The molecule has 0 radical (unpaired) electrons. The molecule has 0 bridgehead atoms. The lowest BCUT2D eigenvalue weighted by Crippen LogP contribution is -2.37. The van der Waals surface area contributed by atoms with Gasteiger partial charge in [-0.25, -0.2) is 9.37 Å². The summed E-state index contributed by atoms with van der Waals surface area (Å²) in [6, 6.07) is 11.7. The highest BCUT2D eigenvalue weighted by molar-refractivity contribution is 5.81. The van der Waals surface area contributed by atoms with E-state index in [-0.39, 0.29) is 18.1 Å². The van der Waals surface area contributed by atoms with Crippen LogP contribution in [0.5, 0.6) is 0 Å². The summed E-state index contributed by atoms with van der Waals surface area (Å²) in [5, 5.41) is 0. The zero-order chi connectivity index (χ0) is 20.7. The molecule has 1 saturated heterocycles. The Morgan fingerprint density at radius 3 is 2.57 bits per heavy atom. The summed E-state index contributed by atoms with van der Waals surface area (Å²) in [4.78, 5) is 26.1. The topological polar surface area (TPSA) is 75.3 Å². The van der Waals surface area contributed by atoms with Crippen molar-refractivity contribution in [2.45, 2.75) is 25.9 Å². The molecule has 4 heterocycles. The molecule has 0 atom stereocenters. The number of nitrogen functional groups attached to an aromatic ring is 1. The second kappa shape index (κ2) is 7.40. The van der Waals surface area contributed by atoms with Crippen molar-refractivity contribution in [3.8, 4) is 11.3 Å². The molecule has 1 aromatic carbocycles. The summed E-state index contributed by atoms with van der Waals surface area (Å²) in [5.41, 5.74) is 10.8. The van der Waals surface area contributed by atoms with Gasteiger partial charge in [0, 0.05) is 37.9 Å². The highest BCUT2D eigenvalue weighted by Gasteiger charge is 2.26. The molecule has 1 fully saturated rings. The number of nitrogens with two attached hydrogens (primary N) is 1. The minimum Gasteiger partial charge on any atom is -0.397 e. The number of carbonyl (C=O) groups is 1. The predicted molar refractivity (Wildman–Crippen MR) is 113 cm³/mol. The number of anilines is 2. The van der Waals surface area contributed by atoms with Gasteiger partial charge in [-0.2, -0.15) is 0 Å². The number of carbonyl (C=O) groups excluding carboxylic acids is 1. The first kappa shape index (κ1) is 18.5. The van der Waals surface area contributed by atoms with Gasteiger partial charge in [0.15, 0.2) is 0 Å². The molecule has 1 amide bonds. The molecule has 0 spiro atoms. The van der Waals surface area contributed by atoms with E-state index in [1.54, 1.807) is 24.3 Å². The predicted octanol–water partition coefficient (Wildman–Crippen LogP) is 3.16. The number of pyridine rings is 2. The first-order valence-electron chi connectivity index (χ1n) is 10.1. The lowest BCUT2D eigenvalue weighted by molar-refractivity contribution is -0.131. The smallest absolute Gasteiger partial charge is 0.229 e. The Kier molecular flexibility index (Phi) is 4.58. The number of hydrogen-bond donors (Lipinski definition) is 1. The van der Waals surface area contributed by atoms with Crippen molar-refractivity contribution >= 4 is 17.4 Å². The van der Waals surface area contributed by atoms with Crippen molar-refractivity contribution in [3.63, 3.8) is 0 Å². The zero-order valence-corrected chi connectivity index (χ0v) is 16.5. The monoisotopic (exact) mass is 403 g/mol. The van der Waals surface area contributed by atoms with Crippen LogP contribution in [0, 0.1) is 5.82 Å². The van der Waals surface area contributed by atoms with E-state index in [1.165, 1.54) is 18.6 Å². The second-order valence-corrected chi connectivity index (χ2v) is 7.82. The third-order valence-electron chi connectivity index (χ3n) is 5.79. The summed E-state index contributed by atoms with van der Waals surface area (Å²) in [7, 11) is 0. The second-order valence-electron chi connectivity index (χ2n) is 7.82. The minimum atomic E-state index is -0.301. The zero-order valence-electron chi connectivity index (χ0n) is 16.5. The highest BCUT2D eigenvalue weighted by atomic mass is 19.1. The van der Waals surface area contributed by atoms with E-state index in [1.807, 2.05) is 11.1 Å². The van der Waals surface area contributed by atoms with Crippen LogP contribution in [0.15, 0.2) is 48.7 Å². The first-order valence-corrected chi connectivity index (χ1v) is 10.1. The molecule has 7 heteroatoms. The minimum absolute atomic E-state index is 0.0212. The average molecular weight is 403 g/mol. The van der Waals surface area contributed by atoms with Crippen LogP contribution >= 0.6 is 0 Å². The third kappa shape index (κ3) is 3.47. The fourth-order valence-corrected chi connectivity index (χ4v) is 3.85. The molecule has 0 aliphatic carbocycles. The van der Waals surface area contributed by atoms with E-state index in [9.17, 15) is 9.18 Å². The van der Waals surface area contributed by atoms with Gasteiger partial charge in [0.1, 0.15) is 11.6 Å². The van der Waals surface area contributed by atoms with Crippen molar-refractivity contribution < 1.29 is 9.18 Å². The quantitative estimate of drug-likeness (QED) is 0.724. The SMILES string of the molecule is Nc1ccc(-c2ccc(F)cc2)nc1CC(=O)N1Cc2cnc(N3CCC3)cc2C1. The maximum Gasteiger partial charge on any atom is 0.229 e. The Labute approximate surface area is 174 Å². The van der Waals surface area contributed by atoms with Crippen LogP contribution in [0.2, 0.25) is 0 Å². The Bertz CT molecular complexity index is 1110. The molecule has 2 N–H and O–H groups in total. The summed E-state index contributed by atoms with van der Waals surface area (Å²) in [6.07, 6.45) is 3.22. The number of rotatable bonds is 4. The molecule has 0 saturated carbocycles. The number of amides is 1. The largest absolute Gasteiger partial charge is 0.397 e. The number of fused-ring (bicyclic) bond motifs is 1. The van der Waals surface area contributed by atoms with E-state index < -0.39 is 0 Å². The van der Waals surface area contributed by atoms with Crippen molar-refractivity contribution in [2.24, 2.45) is 0 Å². The number of halogens is 1. The molecular weight excluding hydrogens is 381 g/mol. The van der Waals surface area contributed by atoms with Gasteiger partial charge in [-0.15, -0.1) is 0 Å². The van der Waals surface area contributed by atoms with Crippen LogP contribution in [-0.4, -0.2) is 33.9 Å². The van der Waals surface area contributed by atoms with Gasteiger partial charge in [0.2, 0.25) is 5.91 Å². The number of nitrogens with zero attached hydrogens (tertiary/aromatic N) is 4. The molecule has 2 aromatic heterocycles. The molecule has 2 aliphatic heterocycles. The Morgan fingerprint density at radius 2 is 1.83 bits per heavy atom. The van der Waals surface area contributed by atoms with Gasteiger partial charge < -0.3 is 15.5 Å². The van der Waals surface area contributed by atoms with Crippen LogP contribution in [0.4, 0.5) is 15.9 Å². The molecular formula is C23H22FN5O. The van der Waals surface area contributed by atoms with Gasteiger partial charge >= 0.3 is 0 Å². The third-order valence-corrected chi connectivity index (χ3v) is 5.79. The summed E-state index contributed by atoms with van der Waals surface area (Å²) in [5.74, 6) is 0.671. The molecule has 6 nitrogen and oxygen atoms in total. The van der Waals surface area contributed by atoms with Crippen molar-refractivity contribution in [2.75, 3.05) is 23.7 Å². The van der Waals surface area contributed by atoms with Gasteiger partial charge in [-0.05, 0) is 60.0 Å². The molecule has 2 aliphatic rings. The maximum absolute atomic E-state index is 13.2. The molecule has 152 valence electrons. The number of benzene rings is 1. The van der Waals surface area contributed by atoms with Crippen LogP contribution in [-0.2, 0) is 24.3 Å². The number of aromatic nitrogens is 2. The maximum atomic E-state index is 13.2. The lowest BCUT2D eigenvalue weighted by atomic mass is 10.1. The van der Waals surface area contributed by atoms with E-state index in [0.717, 1.165) is 35.6 Å². The highest BCUT2D eigenvalue weighted by Crippen LogP contribution is 2.28. The normalized spacial score (nSPS) is 15.1. The Morgan fingerprint density at radius 1 is 1.07 bits per heavy atom. The van der Waals surface area contributed by atoms with E-state index in [2.05, 4.69) is 20.9 Å². The van der Waals surface area contributed by atoms with E-state index in [4.69, 9.17) is 5.73 Å². The van der Waals surface area contributed by atoms with Gasteiger partial charge in [-0.1, -0.05) is 0 Å². The molecule has 0 unspecified atom stereocenters. The summed E-state index contributed by atoms with van der Waals surface area (Å²) >= 11 is 0. The Balaban J connectivity index is 1.31. The van der Waals surface area contributed by atoms with Crippen molar-refractivity contribution in [1.29, 1.82) is 0 Å². The van der Waals surface area contributed by atoms with Gasteiger partial charge in [0.05, 0.1) is 23.5 Å². The van der Waals surface area contributed by atoms with Crippen LogP contribution in [0.1, 0.15) is 23.2 Å². The van der Waals surface area contributed by atoms with E-state index >= 15 is 0 Å². The molecule has 30 heavy (non-hydrogen) atoms. The lowest BCUT2D eigenvalue weighted by Gasteiger charge is -2.32. The van der Waals surface area contributed by atoms with Gasteiger partial charge in [-0.3, -0.25) is 9.78 Å².